The van der Waals surface area contributed by atoms with Crippen molar-refractivity contribution >= 4 is 17.6 Å². The fraction of sp³-hybridized carbons (Fsp3) is 0.444. The predicted octanol–water partition coefficient (Wildman–Crippen LogP) is 3.47. The Morgan fingerprint density at radius 2 is 2.00 bits per heavy atom. The summed E-state index contributed by atoms with van der Waals surface area (Å²) in [6, 6.07) is 4.38. The third-order valence-corrected chi connectivity index (χ3v) is 3.90. The van der Waals surface area contributed by atoms with E-state index in [2.05, 4.69) is 0 Å². The lowest BCUT2D eigenvalue weighted by molar-refractivity contribution is -0.156. The van der Waals surface area contributed by atoms with Gasteiger partial charge in [-0.3, -0.25) is 4.79 Å². The van der Waals surface area contributed by atoms with E-state index in [1.54, 1.807) is 39.8 Å². The number of rotatable bonds is 2. The van der Waals surface area contributed by atoms with Gasteiger partial charge in [0.15, 0.2) is 0 Å². The molecule has 0 spiro atoms. The molecule has 1 aliphatic rings. The lowest BCUT2D eigenvalue weighted by Gasteiger charge is -2.33. The molecule has 0 unspecified atom stereocenters. The summed E-state index contributed by atoms with van der Waals surface area (Å²) in [7, 11) is 0. The summed E-state index contributed by atoms with van der Waals surface area (Å²) in [6.07, 6.45) is -0.0676. The fourth-order valence-electron chi connectivity index (χ4n) is 2.51. The van der Waals surface area contributed by atoms with Gasteiger partial charge in [0.05, 0.1) is 12.0 Å². The lowest BCUT2D eigenvalue weighted by Crippen LogP contribution is -2.43. The van der Waals surface area contributed by atoms with E-state index < -0.39 is 23.6 Å². The van der Waals surface area contributed by atoms with Crippen molar-refractivity contribution in [3.8, 4) is 0 Å². The van der Waals surface area contributed by atoms with E-state index in [0.29, 0.717) is 11.1 Å². The standard InChI is InChI=1S/C18H22FNO4/c1-11-9-12(19)5-6-13(11)14-7-8-20(17(22)23)10-15(14)24-16(21)18(2,3)4/h5-7,9,15H,8,10H2,1-4H3,(H,22,23)/t15-/m0/s1. The van der Waals surface area contributed by atoms with Crippen LogP contribution in [0.3, 0.4) is 0 Å². The highest BCUT2D eigenvalue weighted by Crippen LogP contribution is 2.30. The molecule has 0 bridgehead atoms. The van der Waals surface area contributed by atoms with Gasteiger partial charge in [0.1, 0.15) is 11.9 Å². The topological polar surface area (TPSA) is 66.8 Å². The molecule has 2 rings (SSSR count). The summed E-state index contributed by atoms with van der Waals surface area (Å²) in [4.78, 5) is 24.7. The Kier molecular flexibility index (Phi) is 4.96. The van der Waals surface area contributed by atoms with Crippen LogP contribution < -0.4 is 0 Å². The number of ether oxygens (including phenoxy) is 1. The molecule has 1 amide bonds. The van der Waals surface area contributed by atoms with Crippen LogP contribution in [-0.2, 0) is 9.53 Å². The molecule has 1 aromatic carbocycles. The number of esters is 1. The van der Waals surface area contributed by atoms with Gasteiger partial charge in [-0.1, -0.05) is 12.1 Å². The van der Waals surface area contributed by atoms with Crippen LogP contribution in [0.4, 0.5) is 9.18 Å². The third kappa shape index (κ3) is 3.93. The van der Waals surface area contributed by atoms with E-state index >= 15 is 0 Å². The zero-order chi connectivity index (χ0) is 18.1. The van der Waals surface area contributed by atoms with Gasteiger partial charge in [0.25, 0.3) is 0 Å². The largest absolute Gasteiger partial charge is 0.465 e. The van der Waals surface area contributed by atoms with Gasteiger partial charge in [-0.2, -0.15) is 0 Å². The minimum absolute atomic E-state index is 0.0554. The van der Waals surface area contributed by atoms with Gasteiger partial charge < -0.3 is 14.7 Å². The third-order valence-electron chi connectivity index (χ3n) is 3.90. The van der Waals surface area contributed by atoms with Gasteiger partial charge in [-0.25, -0.2) is 9.18 Å². The summed E-state index contributed by atoms with van der Waals surface area (Å²) in [5.74, 6) is -0.756. The fourth-order valence-corrected chi connectivity index (χ4v) is 2.51. The molecule has 24 heavy (non-hydrogen) atoms. The molecule has 1 atom stereocenters. The van der Waals surface area contributed by atoms with Gasteiger partial charge in [0, 0.05) is 6.54 Å². The van der Waals surface area contributed by atoms with E-state index in [9.17, 15) is 19.1 Å². The number of hydrogen-bond donors (Lipinski definition) is 1. The van der Waals surface area contributed by atoms with Crippen molar-refractivity contribution in [2.75, 3.05) is 13.1 Å². The zero-order valence-corrected chi connectivity index (χ0v) is 14.3. The minimum Gasteiger partial charge on any atom is -0.465 e. The molecule has 0 fully saturated rings. The highest BCUT2D eigenvalue weighted by Gasteiger charge is 2.33. The summed E-state index contributed by atoms with van der Waals surface area (Å²) in [5, 5.41) is 9.20. The molecule has 0 radical (unpaired) electrons. The molecule has 0 aliphatic carbocycles. The van der Waals surface area contributed by atoms with Gasteiger partial charge in [-0.05, 0) is 56.5 Å². The molecule has 0 saturated heterocycles. The Bertz CT molecular complexity index is 691. The first kappa shape index (κ1) is 18.0. The smallest absolute Gasteiger partial charge is 0.407 e. The number of aryl methyl sites for hydroxylation is 1. The van der Waals surface area contributed by atoms with Crippen LogP contribution in [0.25, 0.3) is 5.57 Å². The molecule has 5 nitrogen and oxygen atoms in total. The highest BCUT2D eigenvalue weighted by atomic mass is 19.1. The van der Waals surface area contributed by atoms with E-state index in [1.165, 1.54) is 17.0 Å². The monoisotopic (exact) mass is 335 g/mol. The van der Waals surface area contributed by atoms with Crippen LogP contribution in [0, 0.1) is 18.2 Å². The first-order valence-electron chi connectivity index (χ1n) is 7.75. The predicted molar refractivity (Wildman–Crippen MR) is 88.0 cm³/mol. The number of halogens is 1. The molecule has 1 aromatic rings. The highest BCUT2D eigenvalue weighted by molar-refractivity contribution is 5.80. The van der Waals surface area contributed by atoms with Crippen molar-refractivity contribution in [3.05, 3.63) is 41.2 Å². The van der Waals surface area contributed by atoms with Crippen LogP contribution in [-0.4, -0.2) is 41.3 Å². The van der Waals surface area contributed by atoms with E-state index in [0.717, 1.165) is 5.56 Å². The van der Waals surface area contributed by atoms with Crippen LogP contribution in [0.15, 0.2) is 24.3 Å². The Labute approximate surface area is 140 Å². The van der Waals surface area contributed by atoms with Gasteiger partial charge in [-0.15, -0.1) is 0 Å². The molecule has 6 heteroatoms. The SMILES string of the molecule is Cc1cc(F)ccc1C1=CCN(C(=O)O)C[C@@H]1OC(=O)C(C)(C)C. The number of carbonyl (C=O) groups excluding carboxylic acids is 1. The van der Waals surface area contributed by atoms with Gasteiger partial charge in [0.2, 0.25) is 0 Å². The Morgan fingerprint density at radius 1 is 1.33 bits per heavy atom. The summed E-state index contributed by atoms with van der Waals surface area (Å²) in [5.41, 5.74) is 1.48. The maximum Gasteiger partial charge on any atom is 0.407 e. The van der Waals surface area contributed by atoms with Crippen molar-refractivity contribution < 1.29 is 23.8 Å². The number of hydrogen-bond acceptors (Lipinski definition) is 3. The minimum atomic E-state index is -1.07. The maximum atomic E-state index is 13.4. The number of carbonyl (C=O) groups is 2. The molecular weight excluding hydrogens is 313 g/mol. The average molecular weight is 335 g/mol. The molecular formula is C18H22FNO4. The van der Waals surface area contributed by atoms with E-state index in [1.807, 2.05) is 0 Å². The van der Waals surface area contributed by atoms with Crippen LogP contribution >= 0.6 is 0 Å². The molecule has 1 aliphatic heterocycles. The second kappa shape index (κ2) is 6.63. The summed E-state index contributed by atoms with van der Waals surface area (Å²) < 4.78 is 18.9. The average Bonchev–Trinajstić information content (AvgIpc) is 2.46. The van der Waals surface area contributed by atoms with Crippen LogP contribution in [0.2, 0.25) is 0 Å². The first-order valence-corrected chi connectivity index (χ1v) is 7.75. The normalized spacial score (nSPS) is 18.1. The second-order valence-corrected chi connectivity index (χ2v) is 6.95. The number of nitrogens with zero attached hydrogens (tertiary/aromatic N) is 1. The molecule has 1 heterocycles. The molecule has 0 saturated carbocycles. The molecule has 0 aromatic heterocycles. The quantitative estimate of drug-likeness (QED) is 0.841. The number of benzene rings is 1. The molecule has 130 valence electrons. The maximum absolute atomic E-state index is 13.4. The van der Waals surface area contributed by atoms with E-state index in [-0.39, 0.29) is 18.9 Å². The Hall–Kier alpha value is -2.37. The second-order valence-electron chi connectivity index (χ2n) is 6.95. The van der Waals surface area contributed by atoms with Crippen molar-refractivity contribution in [3.63, 3.8) is 0 Å². The number of amides is 1. The van der Waals surface area contributed by atoms with Gasteiger partial charge >= 0.3 is 12.1 Å². The van der Waals surface area contributed by atoms with Crippen molar-refractivity contribution in [2.24, 2.45) is 5.41 Å². The lowest BCUT2D eigenvalue weighted by atomic mass is 9.92. The summed E-state index contributed by atoms with van der Waals surface area (Å²) >= 11 is 0. The zero-order valence-electron chi connectivity index (χ0n) is 14.3. The van der Waals surface area contributed by atoms with Crippen molar-refractivity contribution in [2.45, 2.75) is 33.8 Å². The Balaban J connectivity index is 2.37. The Morgan fingerprint density at radius 3 is 2.54 bits per heavy atom. The van der Waals surface area contributed by atoms with E-state index in [4.69, 9.17) is 4.74 Å². The number of carboxylic acid groups (broad SMARTS) is 1. The van der Waals surface area contributed by atoms with Crippen LogP contribution in [0.1, 0.15) is 31.9 Å². The van der Waals surface area contributed by atoms with Crippen molar-refractivity contribution in [1.82, 2.24) is 4.90 Å². The first-order chi connectivity index (χ1) is 11.1. The van der Waals surface area contributed by atoms with Crippen LogP contribution in [0.5, 0.6) is 0 Å². The van der Waals surface area contributed by atoms with Crippen molar-refractivity contribution in [1.29, 1.82) is 0 Å². The molecule has 1 N–H and O–H groups in total. The summed E-state index contributed by atoms with van der Waals surface area (Å²) in [6.45, 7) is 7.23.